The number of hydrogen-bond acceptors (Lipinski definition) is 2. The normalized spacial score (nSPS) is 35.8. The summed E-state index contributed by atoms with van der Waals surface area (Å²) in [6, 6.07) is 0.577. The van der Waals surface area contributed by atoms with Crippen molar-refractivity contribution in [3.05, 3.63) is 11.9 Å². The van der Waals surface area contributed by atoms with Crippen LogP contribution in [0.3, 0.4) is 0 Å². The average molecular weight is 261 g/mol. The lowest BCUT2D eigenvalue weighted by Crippen LogP contribution is -2.45. The van der Waals surface area contributed by atoms with Crippen molar-refractivity contribution in [2.75, 3.05) is 5.32 Å². The summed E-state index contributed by atoms with van der Waals surface area (Å²) in [6.45, 7) is 9.55. The van der Waals surface area contributed by atoms with Crippen molar-refractivity contribution in [1.82, 2.24) is 9.78 Å². The second kappa shape index (κ2) is 4.00. The zero-order chi connectivity index (χ0) is 13.8. The monoisotopic (exact) mass is 261 g/mol. The summed E-state index contributed by atoms with van der Waals surface area (Å²) >= 11 is 0. The van der Waals surface area contributed by atoms with Gasteiger partial charge in [-0.15, -0.1) is 0 Å². The van der Waals surface area contributed by atoms with Crippen LogP contribution in [-0.4, -0.2) is 15.8 Å². The van der Waals surface area contributed by atoms with Crippen LogP contribution >= 0.6 is 0 Å². The van der Waals surface area contributed by atoms with Crippen LogP contribution in [0.25, 0.3) is 0 Å². The van der Waals surface area contributed by atoms with Gasteiger partial charge in [-0.3, -0.25) is 4.68 Å². The maximum Gasteiger partial charge on any atom is 0.0853 e. The van der Waals surface area contributed by atoms with Gasteiger partial charge in [-0.1, -0.05) is 27.7 Å². The molecule has 0 saturated heterocycles. The smallest absolute Gasteiger partial charge is 0.0853 e. The molecule has 1 unspecified atom stereocenters. The zero-order valence-electron chi connectivity index (χ0n) is 13.0. The van der Waals surface area contributed by atoms with E-state index in [1.165, 1.54) is 30.6 Å². The third kappa shape index (κ3) is 1.81. The lowest BCUT2D eigenvalue weighted by molar-refractivity contribution is 0.155. The van der Waals surface area contributed by atoms with Gasteiger partial charge in [0, 0.05) is 19.3 Å². The summed E-state index contributed by atoms with van der Waals surface area (Å²) in [6.07, 6.45) is 7.32. The second-order valence-corrected chi connectivity index (χ2v) is 7.51. The van der Waals surface area contributed by atoms with Gasteiger partial charge in [0.15, 0.2) is 0 Å². The molecule has 106 valence electrons. The number of fused-ring (bicyclic) bond motifs is 2. The van der Waals surface area contributed by atoms with Crippen molar-refractivity contribution in [3.8, 4) is 0 Å². The van der Waals surface area contributed by atoms with E-state index in [0.29, 0.717) is 16.9 Å². The molecule has 3 heteroatoms. The zero-order valence-corrected chi connectivity index (χ0v) is 13.0. The van der Waals surface area contributed by atoms with E-state index in [-0.39, 0.29) is 0 Å². The molecule has 0 aromatic carbocycles. The van der Waals surface area contributed by atoms with Crippen LogP contribution in [0.2, 0.25) is 0 Å². The molecule has 1 aromatic rings. The van der Waals surface area contributed by atoms with E-state index in [9.17, 15) is 0 Å². The molecular weight excluding hydrogens is 234 g/mol. The minimum absolute atomic E-state index is 0.397. The first kappa shape index (κ1) is 13.0. The summed E-state index contributed by atoms with van der Waals surface area (Å²) in [5.41, 5.74) is 3.31. The molecule has 1 heterocycles. The predicted molar refractivity (Wildman–Crippen MR) is 79.2 cm³/mol. The Morgan fingerprint density at radius 1 is 1.42 bits per heavy atom. The highest BCUT2D eigenvalue weighted by Crippen LogP contribution is 2.63. The average Bonchev–Trinajstić information content (AvgIpc) is 2.93. The third-order valence-electron chi connectivity index (χ3n) is 5.81. The number of rotatable bonds is 3. The number of nitrogens with one attached hydrogen (secondary N) is 1. The first-order chi connectivity index (χ1) is 8.87. The molecule has 0 radical (unpaired) electrons. The van der Waals surface area contributed by atoms with Crippen LogP contribution in [-0.2, 0) is 13.5 Å². The van der Waals surface area contributed by atoms with E-state index in [2.05, 4.69) is 44.3 Å². The standard InChI is InChI=1S/C16H27N3/c1-6-12-13(10-19(5)18-12)17-14-15(2,3)11-7-8-16(14,4)9-11/h10-11,14,17H,6-9H2,1-5H3/t11-,14?,16+/m0/s1. The Hall–Kier alpha value is -0.990. The molecule has 19 heavy (non-hydrogen) atoms. The van der Waals surface area contributed by atoms with Gasteiger partial charge in [-0.2, -0.15) is 5.10 Å². The van der Waals surface area contributed by atoms with Gasteiger partial charge >= 0.3 is 0 Å². The molecule has 0 amide bonds. The van der Waals surface area contributed by atoms with Crippen molar-refractivity contribution in [3.63, 3.8) is 0 Å². The van der Waals surface area contributed by atoms with E-state index < -0.39 is 0 Å². The fourth-order valence-electron chi connectivity index (χ4n) is 4.73. The maximum atomic E-state index is 4.56. The Morgan fingerprint density at radius 2 is 2.16 bits per heavy atom. The first-order valence-electron chi connectivity index (χ1n) is 7.66. The SMILES string of the molecule is CCc1nn(C)cc1NC1C(C)(C)[C@H]2CC[C@]1(C)C2. The number of aryl methyl sites for hydroxylation is 2. The van der Waals surface area contributed by atoms with Crippen LogP contribution in [0.5, 0.6) is 0 Å². The van der Waals surface area contributed by atoms with Crippen molar-refractivity contribution < 1.29 is 0 Å². The minimum atomic E-state index is 0.397. The van der Waals surface area contributed by atoms with E-state index in [1.54, 1.807) is 0 Å². The van der Waals surface area contributed by atoms with E-state index in [1.807, 2.05) is 11.7 Å². The number of hydrogen-bond donors (Lipinski definition) is 1. The Kier molecular flexibility index (Phi) is 2.74. The molecule has 2 aliphatic carbocycles. The highest BCUT2D eigenvalue weighted by atomic mass is 15.3. The third-order valence-corrected chi connectivity index (χ3v) is 5.81. The van der Waals surface area contributed by atoms with Crippen LogP contribution in [0.15, 0.2) is 6.20 Å². The van der Waals surface area contributed by atoms with Crippen molar-refractivity contribution in [1.29, 1.82) is 0 Å². The molecule has 2 aliphatic rings. The molecule has 0 spiro atoms. The maximum absolute atomic E-state index is 4.56. The Balaban J connectivity index is 1.90. The summed E-state index contributed by atoms with van der Waals surface area (Å²) in [7, 11) is 2.01. The van der Waals surface area contributed by atoms with Crippen LogP contribution in [0, 0.1) is 16.7 Å². The highest BCUT2D eigenvalue weighted by Gasteiger charge is 2.59. The molecule has 3 rings (SSSR count). The van der Waals surface area contributed by atoms with Gasteiger partial charge in [0.1, 0.15) is 0 Å². The first-order valence-corrected chi connectivity index (χ1v) is 7.66. The van der Waals surface area contributed by atoms with Crippen molar-refractivity contribution in [2.24, 2.45) is 23.8 Å². The topological polar surface area (TPSA) is 29.9 Å². The number of nitrogens with zero attached hydrogens (tertiary/aromatic N) is 2. The van der Waals surface area contributed by atoms with Crippen LogP contribution < -0.4 is 5.32 Å². The summed E-state index contributed by atoms with van der Waals surface area (Å²) in [5.74, 6) is 0.886. The molecule has 0 aliphatic heterocycles. The molecule has 3 atom stereocenters. The predicted octanol–water partition coefficient (Wildman–Crippen LogP) is 3.61. The van der Waals surface area contributed by atoms with Gasteiger partial charge in [0.2, 0.25) is 0 Å². The van der Waals surface area contributed by atoms with E-state index in [0.717, 1.165) is 12.3 Å². The number of anilines is 1. The Bertz CT molecular complexity index is 483. The molecule has 2 bridgehead atoms. The molecule has 2 saturated carbocycles. The van der Waals surface area contributed by atoms with Crippen molar-refractivity contribution >= 4 is 5.69 Å². The highest BCUT2D eigenvalue weighted by molar-refractivity contribution is 5.49. The molecular formula is C16H27N3. The summed E-state index contributed by atoms with van der Waals surface area (Å²) in [5, 5.41) is 8.42. The van der Waals surface area contributed by atoms with Crippen LogP contribution in [0.4, 0.5) is 5.69 Å². The van der Waals surface area contributed by atoms with Crippen LogP contribution in [0.1, 0.15) is 52.7 Å². The largest absolute Gasteiger partial charge is 0.378 e. The Morgan fingerprint density at radius 3 is 2.74 bits per heavy atom. The fraction of sp³-hybridized carbons (Fsp3) is 0.812. The van der Waals surface area contributed by atoms with E-state index >= 15 is 0 Å². The minimum Gasteiger partial charge on any atom is -0.378 e. The fourth-order valence-corrected chi connectivity index (χ4v) is 4.73. The molecule has 3 nitrogen and oxygen atoms in total. The van der Waals surface area contributed by atoms with Gasteiger partial charge in [0.25, 0.3) is 0 Å². The lowest BCUT2D eigenvalue weighted by atomic mass is 9.68. The van der Waals surface area contributed by atoms with Gasteiger partial charge in [-0.25, -0.2) is 0 Å². The molecule has 2 fully saturated rings. The summed E-state index contributed by atoms with van der Waals surface area (Å²) in [4.78, 5) is 0. The lowest BCUT2D eigenvalue weighted by Gasteiger charge is -2.43. The van der Waals surface area contributed by atoms with Gasteiger partial charge in [0.05, 0.1) is 11.4 Å². The molecule has 1 N–H and O–H groups in total. The quantitative estimate of drug-likeness (QED) is 0.901. The summed E-state index contributed by atoms with van der Waals surface area (Å²) < 4.78 is 1.93. The molecule has 1 aromatic heterocycles. The van der Waals surface area contributed by atoms with E-state index in [4.69, 9.17) is 0 Å². The van der Waals surface area contributed by atoms with Gasteiger partial charge in [-0.05, 0) is 42.4 Å². The van der Waals surface area contributed by atoms with Crippen molar-refractivity contribution in [2.45, 2.75) is 59.4 Å². The number of aromatic nitrogens is 2. The van der Waals surface area contributed by atoms with Gasteiger partial charge < -0.3 is 5.32 Å². The second-order valence-electron chi connectivity index (χ2n) is 7.51. The Labute approximate surface area is 116 Å².